The molecule has 1 aromatic rings. The van der Waals surface area contributed by atoms with Crippen molar-refractivity contribution in [2.45, 2.75) is 63.9 Å². The van der Waals surface area contributed by atoms with Gasteiger partial charge in [-0.15, -0.1) is 6.58 Å². The van der Waals surface area contributed by atoms with Crippen LogP contribution in [0.15, 0.2) is 36.9 Å². The number of amides is 1. The number of carbonyl (C=O) groups is 1. The average molecular weight is 347 g/mol. The third-order valence-electron chi connectivity index (χ3n) is 4.96. The number of nitrogens with zero attached hydrogens (tertiary/aromatic N) is 1. The molecule has 25 heavy (non-hydrogen) atoms. The van der Waals surface area contributed by atoms with E-state index in [0.29, 0.717) is 6.42 Å². The summed E-state index contributed by atoms with van der Waals surface area (Å²) in [5, 5.41) is 10.8. The highest BCUT2D eigenvalue weighted by molar-refractivity contribution is 5.94. The molecule has 0 saturated heterocycles. The second-order valence-corrected chi connectivity index (χ2v) is 7.96. The molecule has 1 aliphatic rings. The fraction of sp³-hybridized carbons (Fsp3) is 0.550. The first-order valence-corrected chi connectivity index (χ1v) is 8.47. The van der Waals surface area contributed by atoms with E-state index in [-0.39, 0.29) is 0 Å². The smallest absolute Gasteiger partial charge is 0.415 e. The number of ether oxygens (including phenoxy) is 2. The molecule has 2 atom stereocenters. The minimum Gasteiger partial charge on any atom is -0.443 e. The van der Waals surface area contributed by atoms with Crippen molar-refractivity contribution in [3.8, 4) is 0 Å². The molecule has 1 aromatic carbocycles. The van der Waals surface area contributed by atoms with Gasteiger partial charge in [-0.2, -0.15) is 0 Å². The molecule has 0 aliphatic carbocycles. The van der Waals surface area contributed by atoms with Crippen LogP contribution in [0.3, 0.4) is 0 Å². The van der Waals surface area contributed by atoms with Crippen LogP contribution in [-0.4, -0.2) is 35.7 Å². The van der Waals surface area contributed by atoms with E-state index in [9.17, 15) is 9.90 Å². The standard InChI is InChI=1S/C20H29NO4/c1-8-13-20(16(22)24-7)19(5,6)14-11-9-10-12-15(14)21(20)17(23)25-18(2,3)4/h8-12,16,22H,1,13H2,2-7H3. The molecule has 0 saturated carbocycles. The molecule has 1 heterocycles. The molecule has 1 aliphatic heterocycles. The first-order chi connectivity index (χ1) is 11.5. The lowest BCUT2D eigenvalue weighted by atomic mass is 9.68. The van der Waals surface area contributed by atoms with Crippen LogP contribution in [-0.2, 0) is 14.9 Å². The summed E-state index contributed by atoms with van der Waals surface area (Å²) in [5.41, 5.74) is -0.616. The maximum absolute atomic E-state index is 13.1. The number of rotatable bonds is 4. The van der Waals surface area contributed by atoms with Gasteiger partial charge in [0.25, 0.3) is 0 Å². The first-order valence-electron chi connectivity index (χ1n) is 8.47. The van der Waals surface area contributed by atoms with E-state index in [2.05, 4.69) is 6.58 Å². The molecular formula is C20H29NO4. The minimum absolute atomic E-state index is 0.350. The lowest BCUT2D eigenvalue weighted by Crippen LogP contribution is -2.65. The molecule has 0 spiro atoms. The van der Waals surface area contributed by atoms with Crippen molar-refractivity contribution in [3.05, 3.63) is 42.5 Å². The predicted molar refractivity (Wildman–Crippen MR) is 98.7 cm³/mol. The van der Waals surface area contributed by atoms with Crippen LogP contribution in [0.1, 0.15) is 46.6 Å². The Kier molecular flexibility index (Phi) is 5.04. The zero-order chi connectivity index (χ0) is 19.0. The van der Waals surface area contributed by atoms with Crippen molar-refractivity contribution < 1.29 is 19.4 Å². The average Bonchev–Trinajstić information content (AvgIpc) is 2.71. The topological polar surface area (TPSA) is 59.0 Å². The summed E-state index contributed by atoms with van der Waals surface area (Å²) in [6, 6.07) is 7.64. The molecule has 138 valence electrons. The van der Waals surface area contributed by atoms with Gasteiger partial charge in [0, 0.05) is 12.5 Å². The molecule has 2 unspecified atom stereocenters. The zero-order valence-corrected chi connectivity index (χ0v) is 16.0. The van der Waals surface area contributed by atoms with E-state index in [4.69, 9.17) is 9.47 Å². The van der Waals surface area contributed by atoms with Crippen LogP contribution < -0.4 is 4.90 Å². The Hall–Kier alpha value is -1.85. The maximum Gasteiger partial charge on any atom is 0.415 e. The Bertz CT molecular complexity index is 662. The van der Waals surface area contributed by atoms with Crippen LogP contribution in [0.2, 0.25) is 0 Å². The van der Waals surface area contributed by atoms with E-state index in [1.165, 1.54) is 7.11 Å². The van der Waals surface area contributed by atoms with Gasteiger partial charge in [-0.3, -0.25) is 4.90 Å². The zero-order valence-electron chi connectivity index (χ0n) is 16.0. The van der Waals surface area contributed by atoms with Crippen LogP contribution in [0.5, 0.6) is 0 Å². The van der Waals surface area contributed by atoms with Gasteiger partial charge in [0.05, 0.1) is 5.69 Å². The van der Waals surface area contributed by atoms with Gasteiger partial charge in [-0.05, 0) is 38.8 Å². The summed E-state index contributed by atoms with van der Waals surface area (Å²) in [7, 11) is 1.43. The molecule has 2 rings (SSSR count). The molecule has 0 fully saturated rings. The molecule has 1 amide bonds. The Morgan fingerprint density at radius 1 is 1.36 bits per heavy atom. The van der Waals surface area contributed by atoms with Gasteiger partial charge < -0.3 is 14.6 Å². The van der Waals surface area contributed by atoms with Crippen molar-refractivity contribution >= 4 is 11.8 Å². The number of anilines is 1. The third-order valence-corrected chi connectivity index (χ3v) is 4.96. The van der Waals surface area contributed by atoms with Crippen molar-refractivity contribution in [2.75, 3.05) is 12.0 Å². The monoisotopic (exact) mass is 347 g/mol. The fourth-order valence-corrected chi connectivity index (χ4v) is 3.78. The number of hydrogen-bond donors (Lipinski definition) is 1. The van der Waals surface area contributed by atoms with Gasteiger partial charge in [-0.25, -0.2) is 4.79 Å². The van der Waals surface area contributed by atoms with E-state index in [0.717, 1.165) is 11.3 Å². The Morgan fingerprint density at radius 2 is 1.96 bits per heavy atom. The number of fused-ring (bicyclic) bond motifs is 1. The number of methoxy groups -OCH3 is 1. The lowest BCUT2D eigenvalue weighted by molar-refractivity contribution is -0.138. The van der Waals surface area contributed by atoms with Crippen LogP contribution in [0, 0.1) is 0 Å². The van der Waals surface area contributed by atoms with Crippen molar-refractivity contribution in [2.24, 2.45) is 0 Å². The summed E-state index contributed by atoms with van der Waals surface area (Å²) in [5.74, 6) is 0. The SMILES string of the molecule is C=CCC1(C(O)OC)N(C(=O)OC(C)(C)C)c2ccccc2C1(C)C. The van der Waals surface area contributed by atoms with Gasteiger partial charge in [0.2, 0.25) is 0 Å². The fourth-order valence-electron chi connectivity index (χ4n) is 3.78. The third kappa shape index (κ3) is 2.96. The quantitative estimate of drug-likeness (QED) is 0.661. The van der Waals surface area contributed by atoms with E-state index in [1.807, 2.05) is 58.9 Å². The number of hydrogen-bond acceptors (Lipinski definition) is 4. The van der Waals surface area contributed by atoms with Gasteiger partial charge >= 0.3 is 6.09 Å². The Balaban J connectivity index is 2.73. The van der Waals surface area contributed by atoms with Gasteiger partial charge in [0.1, 0.15) is 11.1 Å². The number of aliphatic hydroxyl groups is 1. The summed E-state index contributed by atoms with van der Waals surface area (Å²) < 4.78 is 11.0. The van der Waals surface area contributed by atoms with Crippen molar-refractivity contribution in [1.82, 2.24) is 0 Å². The van der Waals surface area contributed by atoms with Gasteiger partial charge in [-0.1, -0.05) is 38.1 Å². The second-order valence-electron chi connectivity index (χ2n) is 7.96. The molecular weight excluding hydrogens is 318 g/mol. The molecule has 1 N–H and O–H groups in total. The first kappa shape index (κ1) is 19.5. The number of carbonyl (C=O) groups excluding carboxylic acids is 1. The normalized spacial score (nSPS) is 23.1. The molecule has 0 aromatic heterocycles. The largest absolute Gasteiger partial charge is 0.443 e. The maximum atomic E-state index is 13.1. The molecule has 0 radical (unpaired) electrons. The molecule has 5 heteroatoms. The highest BCUT2D eigenvalue weighted by Crippen LogP contribution is 2.55. The highest BCUT2D eigenvalue weighted by atomic mass is 16.6. The van der Waals surface area contributed by atoms with Crippen molar-refractivity contribution in [3.63, 3.8) is 0 Å². The number of benzene rings is 1. The summed E-state index contributed by atoms with van der Waals surface area (Å²) in [6.45, 7) is 13.3. The highest BCUT2D eigenvalue weighted by Gasteiger charge is 2.63. The van der Waals surface area contributed by atoms with E-state index >= 15 is 0 Å². The number of aliphatic hydroxyl groups excluding tert-OH is 1. The predicted octanol–water partition coefficient (Wildman–Crippen LogP) is 4.00. The van der Waals surface area contributed by atoms with Crippen LogP contribution in [0.4, 0.5) is 10.5 Å². The summed E-state index contributed by atoms with van der Waals surface area (Å²) >= 11 is 0. The second kappa shape index (κ2) is 6.46. The van der Waals surface area contributed by atoms with E-state index in [1.54, 1.807) is 11.0 Å². The number of para-hydroxylation sites is 1. The molecule has 0 bridgehead atoms. The van der Waals surface area contributed by atoms with Crippen molar-refractivity contribution in [1.29, 1.82) is 0 Å². The van der Waals surface area contributed by atoms with Crippen LogP contribution in [0.25, 0.3) is 0 Å². The lowest BCUT2D eigenvalue weighted by Gasteiger charge is -2.48. The Morgan fingerprint density at radius 3 is 2.48 bits per heavy atom. The minimum atomic E-state index is -1.21. The molecule has 5 nitrogen and oxygen atoms in total. The summed E-state index contributed by atoms with van der Waals surface area (Å²) in [4.78, 5) is 14.7. The van der Waals surface area contributed by atoms with E-state index < -0.39 is 28.9 Å². The van der Waals surface area contributed by atoms with Crippen LogP contribution >= 0.6 is 0 Å². The van der Waals surface area contributed by atoms with Gasteiger partial charge in [0.15, 0.2) is 6.29 Å². The Labute approximate surface area is 150 Å². The summed E-state index contributed by atoms with van der Waals surface area (Å²) in [6.07, 6.45) is 0.333.